The Labute approximate surface area is 282 Å². The molecule has 2 aromatic heterocycles. The quantitative estimate of drug-likeness (QED) is 0.192. The van der Waals surface area contributed by atoms with Gasteiger partial charge in [0.2, 0.25) is 0 Å². The van der Waals surface area contributed by atoms with Gasteiger partial charge in [0, 0.05) is 27.0 Å². The van der Waals surface area contributed by atoms with E-state index >= 15 is 0 Å². The van der Waals surface area contributed by atoms with Crippen molar-refractivity contribution >= 4 is 54.4 Å². The lowest BCUT2D eigenvalue weighted by Crippen LogP contribution is -2.15. The Balaban J connectivity index is 1.29. The molecule has 228 valence electrons. The lowest BCUT2D eigenvalue weighted by molar-refractivity contribution is 0.661. The molecule has 0 saturated carbocycles. The first-order valence-electron chi connectivity index (χ1n) is 16.6. The van der Waals surface area contributed by atoms with Crippen LogP contribution in [0, 0.1) is 22.7 Å². The van der Waals surface area contributed by atoms with Crippen LogP contribution >= 0.6 is 0 Å². The van der Waals surface area contributed by atoms with E-state index in [1.807, 2.05) is 24.3 Å². The number of rotatable bonds is 2. The highest BCUT2D eigenvalue weighted by atomic mass is 15.0. The predicted octanol–water partition coefficient (Wildman–Crippen LogP) is 11.1. The van der Waals surface area contributed by atoms with Crippen LogP contribution < -0.4 is 0 Å². The largest absolute Gasteiger partial charge is 0.308 e. The van der Waals surface area contributed by atoms with Gasteiger partial charge in [-0.05, 0) is 75.5 Å². The summed E-state index contributed by atoms with van der Waals surface area (Å²) in [6.45, 7) is 4.57. The molecule has 2 heterocycles. The molecular formula is C45H28N4. The van der Waals surface area contributed by atoms with Gasteiger partial charge in [-0.15, -0.1) is 0 Å². The van der Waals surface area contributed by atoms with Gasteiger partial charge in [-0.25, -0.2) is 0 Å². The van der Waals surface area contributed by atoms with E-state index in [4.69, 9.17) is 0 Å². The molecule has 4 heteroatoms. The second-order valence-corrected chi connectivity index (χ2v) is 13.6. The average Bonchev–Trinajstić information content (AvgIpc) is 3.73. The van der Waals surface area contributed by atoms with Gasteiger partial charge in [-0.1, -0.05) is 105 Å². The molecule has 1 aliphatic carbocycles. The van der Waals surface area contributed by atoms with Gasteiger partial charge < -0.3 is 9.13 Å². The summed E-state index contributed by atoms with van der Waals surface area (Å²) in [6.07, 6.45) is 0. The van der Waals surface area contributed by atoms with Crippen LogP contribution in [0.25, 0.3) is 76.9 Å². The molecule has 49 heavy (non-hydrogen) atoms. The molecule has 4 nitrogen and oxygen atoms in total. The molecule has 0 unspecified atom stereocenters. The van der Waals surface area contributed by atoms with Crippen LogP contribution in [0.15, 0.2) is 133 Å². The third kappa shape index (κ3) is 3.55. The van der Waals surface area contributed by atoms with Crippen LogP contribution in [0.1, 0.15) is 36.1 Å². The molecule has 0 amide bonds. The standard InChI is InChI=1S/C45H28N4/c1-45(2)36-16-8-5-13-31(36)34-23-35-32-14-6-9-17-38(32)49(43(35)24-37(34)45)42-22-28(25-46)41(21-29(42)26-47)48-39-18-10-7-15-33(39)44-30-12-4-3-11-27(30)19-20-40(44)48/h3-24H,1-2H3. The van der Waals surface area contributed by atoms with E-state index in [2.05, 4.69) is 144 Å². The number of para-hydroxylation sites is 2. The third-order valence-electron chi connectivity index (χ3n) is 10.8. The molecule has 0 N–H and O–H groups in total. The van der Waals surface area contributed by atoms with E-state index in [9.17, 15) is 10.5 Å². The van der Waals surface area contributed by atoms with Crippen molar-refractivity contribution in [2.24, 2.45) is 0 Å². The fourth-order valence-corrected chi connectivity index (χ4v) is 8.55. The fourth-order valence-electron chi connectivity index (χ4n) is 8.55. The molecule has 0 radical (unpaired) electrons. The highest BCUT2D eigenvalue weighted by Gasteiger charge is 2.36. The highest BCUT2D eigenvalue weighted by molar-refractivity contribution is 6.21. The van der Waals surface area contributed by atoms with Crippen LogP contribution in [0.2, 0.25) is 0 Å². The molecule has 1 aliphatic rings. The van der Waals surface area contributed by atoms with Crippen molar-refractivity contribution in [2.45, 2.75) is 19.3 Å². The molecule has 7 aromatic carbocycles. The van der Waals surface area contributed by atoms with E-state index in [1.54, 1.807) is 0 Å². The van der Waals surface area contributed by atoms with Crippen LogP contribution in [0.3, 0.4) is 0 Å². The van der Waals surface area contributed by atoms with Gasteiger partial charge in [-0.3, -0.25) is 0 Å². The number of nitriles is 2. The van der Waals surface area contributed by atoms with Crippen molar-refractivity contribution in [1.82, 2.24) is 9.13 Å². The molecule has 0 atom stereocenters. The zero-order chi connectivity index (χ0) is 33.0. The predicted molar refractivity (Wildman–Crippen MR) is 200 cm³/mol. The summed E-state index contributed by atoms with van der Waals surface area (Å²) in [7, 11) is 0. The van der Waals surface area contributed by atoms with Gasteiger partial charge in [0.05, 0.1) is 44.6 Å². The monoisotopic (exact) mass is 624 g/mol. The molecule has 9 aromatic rings. The lowest BCUT2D eigenvalue weighted by atomic mass is 9.82. The lowest BCUT2D eigenvalue weighted by Gasteiger charge is -2.22. The maximum absolute atomic E-state index is 10.8. The summed E-state index contributed by atoms with van der Waals surface area (Å²) < 4.78 is 4.34. The smallest absolute Gasteiger partial charge is 0.101 e. The van der Waals surface area contributed by atoms with Crippen LogP contribution in [0.5, 0.6) is 0 Å². The first-order chi connectivity index (χ1) is 24.0. The van der Waals surface area contributed by atoms with Crippen LogP contribution in [0.4, 0.5) is 0 Å². The number of hydrogen-bond acceptors (Lipinski definition) is 2. The van der Waals surface area contributed by atoms with Crippen molar-refractivity contribution in [3.05, 3.63) is 156 Å². The van der Waals surface area contributed by atoms with Gasteiger partial charge >= 0.3 is 0 Å². The van der Waals surface area contributed by atoms with Crippen molar-refractivity contribution in [2.75, 3.05) is 0 Å². The number of benzene rings is 7. The van der Waals surface area contributed by atoms with Gasteiger partial charge in [0.15, 0.2) is 0 Å². The summed E-state index contributed by atoms with van der Waals surface area (Å²) in [6, 6.07) is 51.6. The SMILES string of the molecule is CC1(C)c2ccccc2-c2cc3c4ccccc4n(-c4cc(C#N)c(-n5c6ccccc6c6c7ccccc7ccc65)cc4C#N)c3cc21. The maximum Gasteiger partial charge on any atom is 0.101 e. The summed E-state index contributed by atoms with van der Waals surface area (Å²) >= 11 is 0. The fraction of sp³-hybridized carbons (Fsp3) is 0.0667. The first-order valence-corrected chi connectivity index (χ1v) is 16.6. The highest BCUT2D eigenvalue weighted by Crippen LogP contribution is 2.51. The number of aromatic nitrogens is 2. The summed E-state index contributed by atoms with van der Waals surface area (Å²) in [4.78, 5) is 0. The molecule has 0 saturated heterocycles. The molecular weight excluding hydrogens is 597 g/mol. The normalized spacial score (nSPS) is 13.2. The summed E-state index contributed by atoms with van der Waals surface area (Å²) in [5.74, 6) is 0. The summed E-state index contributed by atoms with van der Waals surface area (Å²) in [5.41, 5.74) is 11.4. The third-order valence-corrected chi connectivity index (χ3v) is 10.8. The number of fused-ring (bicyclic) bond motifs is 11. The van der Waals surface area contributed by atoms with E-state index < -0.39 is 0 Å². The van der Waals surface area contributed by atoms with E-state index in [0.717, 1.165) is 54.4 Å². The molecule has 0 spiro atoms. The second-order valence-electron chi connectivity index (χ2n) is 13.6. The van der Waals surface area contributed by atoms with E-state index in [1.165, 1.54) is 22.3 Å². The first kappa shape index (κ1) is 27.5. The Hall–Kier alpha value is -6.62. The van der Waals surface area contributed by atoms with E-state index in [-0.39, 0.29) is 5.41 Å². The minimum Gasteiger partial charge on any atom is -0.308 e. The van der Waals surface area contributed by atoms with Crippen molar-refractivity contribution in [3.8, 4) is 34.6 Å². The van der Waals surface area contributed by atoms with Crippen molar-refractivity contribution in [3.63, 3.8) is 0 Å². The molecule has 0 aliphatic heterocycles. The molecule has 0 bridgehead atoms. The Morgan fingerprint density at radius 1 is 0.469 bits per heavy atom. The van der Waals surface area contributed by atoms with Gasteiger partial charge in [-0.2, -0.15) is 10.5 Å². The second kappa shape index (κ2) is 9.71. The molecule has 0 fully saturated rings. The van der Waals surface area contributed by atoms with Crippen molar-refractivity contribution < 1.29 is 0 Å². The van der Waals surface area contributed by atoms with Crippen LogP contribution in [-0.2, 0) is 5.41 Å². The molecule has 10 rings (SSSR count). The Kier molecular flexibility index (Phi) is 5.44. The van der Waals surface area contributed by atoms with Gasteiger partial charge in [0.1, 0.15) is 12.1 Å². The Bertz CT molecular complexity index is 2990. The van der Waals surface area contributed by atoms with Gasteiger partial charge in [0.25, 0.3) is 0 Å². The zero-order valence-electron chi connectivity index (χ0n) is 27.0. The minimum atomic E-state index is -0.179. The van der Waals surface area contributed by atoms with Crippen LogP contribution in [-0.4, -0.2) is 9.13 Å². The van der Waals surface area contributed by atoms with Crippen molar-refractivity contribution in [1.29, 1.82) is 10.5 Å². The Morgan fingerprint density at radius 3 is 1.80 bits per heavy atom. The summed E-state index contributed by atoms with van der Waals surface area (Å²) in [5, 5.41) is 28.4. The minimum absolute atomic E-state index is 0.179. The number of hydrogen-bond donors (Lipinski definition) is 0. The van der Waals surface area contributed by atoms with E-state index in [0.29, 0.717) is 22.5 Å². The zero-order valence-corrected chi connectivity index (χ0v) is 27.0. The number of nitrogens with zero attached hydrogens (tertiary/aromatic N) is 4. The Morgan fingerprint density at radius 2 is 1.06 bits per heavy atom. The maximum atomic E-state index is 10.8. The topological polar surface area (TPSA) is 57.4 Å². The average molecular weight is 625 g/mol.